The van der Waals surface area contributed by atoms with Crippen molar-refractivity contribution in [3.8, 4) is 5.75 Å². The van der Waals surface area contributed by atoms with Gasteiger partial charge in [-0.05, 0) is 79.3 Å². The lowest BCUT2D eigenvalue weighted by atomic mass is 9.65. The molecule has 4 rings (SSSR count). The highest BCUT2D eigenvalue weighted by Crippen LogP contribution is 2.49. The van der Waals surface area contributed by atoms with E-state index in [0.717, 1.165) is 25.7 Å². The molecular weight excluding hydrogens is 482 g/mol. The van der Waals surface area contributed by atoms with Crippen molar-refractivity contribution in [3.63, 3.8) is 0 Å². The average molecular weight is 516 g/mol. The first-order valence-electron chi connectivity index (χ1n) is 12.1. The average Bonchev–Trinajstić information content (AvgIpc) is 2.78. The number of ether oxygens (including phenoxy) is 1. The van der Waals surface area contributed by atoms with Crippen LogP contribution in [0, 0.1) is 5.41 Å². The number of halogens is 3. The maximum atomic E-state index is 14.2. The molecule has 0 amide bonds. The Labute approximate surface area is 203 Å². The predicted octanol–water partition coefficient (Wildman–Crippen LogP) is 6.41. The number of hydrogen-bond donors (Lipinski definition) is 3. The second-order valence-corrected chi connectivity index (χ2v) is 11.7. The van der Waals surface area contributed by atoms with Gasteiger partial charge in [0.25, 0.3) is 0 Å². The van der Waals surface area contributed by atoms with E-state index in [0.29, 0.717) is 16.4 Å². The van der Waals surface area contributed by atoms with Gasteiger partial charge in [0, 0.05) is 0 Å². The summed E-state index contributed by atoms with van der Waals surface area (Å²) in [6, 6.07) is 7.18. The van der Waals surface area contributed by atoms with Crippen LogP contribution < -0.4 is 10.5 Å². The molecule has 6 nitrogen and oxygen atoms in total. The summed E-state index contributed by atoms with van der Waals surface area (Å²) in [6.07, 6.45) is 4.85. The van der Waals surface area contributed by atoms with E-state index in [4.69, 9.17) is 20.3 Å². The van der Waals surface area contributed by atoms with Crippen molar-refractivity contribution >= 4 is 18.6 Å². The number of fused-ring (bicyclic) bond motifs is 1. The minimum atomic E-state index is -4.74. The monoisotopic (exact) mass is 515 g/mol. The summed E-state index contributed by atoms with van der Waals surface area (Å²) in [4.78, 5) is 17.9. The van der Waals surface area contributed by atoms with Crippen molar-refractivity contribution in [3.05, 3.63) is 41.5 Å². The Morgan fingerprint density at radius 2 is 1.71 bits per heavy atom. The van der Waals surface area contributed by atoms with Gasteiger partial charge in [-0.1, -0.05) is 37.5 Å². The van der Waals surface area contributed by atoms with Gasteiger partial charge in [-0.25, -0.2) is 4.57 Å². The fourth-order valence-corrected chi connectivity index (χ4v) is 6.10. The largest absolute Gasteiger partial charge is 0.490 e. The quantitative estimate of drug-likeness (QED) is 0.384. The molecule has 0 aliphatic heterocycles. The summed E-state index contributed by atoms with van der Waals surface area (Å²) >= 11 is 0. The van der Waals surface area contributed by atoms with Crippen molar-refractivity contribution in [2.45, 2.75) is 82.5 Å². The van der Waals surface area contributed by atoms with Crippen molar-refractivity contribution in [2.75, 3.05) is 6.61 Å². The normalized spacial score (nSPS) is 21.2. The second kappa shape index (κ2) is 9.67. The number of benzene rings is 2. The summed E-state index contributed by atoms with van der Waals surface area (Å²) in [7, 11) is -4.74. The highest BCUT2D eigenvalue weighted by Gasteiger charge is 2.40. The fraction of sp³-hybridized carbons (Fsp3) is 0.600. The van der Waals surface area contributed by atoms with Crippen LogP contribution >= 0.6 is 7.82 Å². The second-order valence-electron chi connectivity index (χ2n) is 10.4. The van der Waals surface area contributed by atoms with E-state index in [1.54, 1.807) is 6.07 Å². The summed E-state index contributed by atoms with van der Waals surface area (Å²) in [5.41, 5.74) is 4.77. The zero-order valence-corrected chi connectivity index (χ0v) is 20.7. The van der Waals surface area contributed by atoms with Crippen LogP contribution in [0.3, 0.4) is 0 Å². The first-order chi connectivity index (χ1) is 16.3. The van der Waals surface area contributed by atoms with E-state index in [1.807, 2.05) is 0 Å². The molecule has 35 heavy (non-hydrogen) atoms. The molecule has 0 saturated heterocycles. The fourth-order valence-electron chi connectivity index (χ4n) is 5.66. The smallest absolute Gasteiger partial charge is 0.469 e. The third-order valence-electron chi connectivity index (χ3n) is 7.66. The van der Waals surface area contributed by atoms with Gasteiger partial charge in [-0.2, -0.15) is 13.2 Å². The Bertz CT molecular complexity index is 1100. The lowest BCUT2D eigenvalue weighted by Gasteiger charge is -2.43. The van der Waals surface area contributed by atoms with E-state index in [-0.39, 0.29) is 17.2 Å². The lowest BCUT2D eigenvalue weighted by molar-refractivity contribution is -0.138. The van der Waals surface area contributed by atoms with Gasteiger partial charge < -0.3 is 20.3 Å². The minimum absolute atomic E-state index is 0.00924. The van der Waals surface area contributed by atoms with Crippen LogP contribution in [-0.4, -0.2) is 22.5 Å². The van der Waals surface area contributed by atoms with Crippen molar-refractivity contribution in [1.82, 2.24) is 0 Å². The van der Waals surface area contributed by atoms with E-state index in [2.05, 4.69) is 4.52 Å². The SMILES string of the molecule is CC(N)(COP(=O)(O)O)c1ccc2c(C(F)(F)F)c(OC3CCC4(CCCCC4)CC3)ccc2c1. The number of phosphoric ester groups is 1. The number of hydrogen-bond acceptors (Lipinski definition) is 4. The van der Waals surface area contributed by atoms with Crippen LogP contribution in [0.15, 0.2) is 30.3 Å². The molecule has 2 aliphatic rings. The van der Waals surface area contributed by atoms with Crippen molar-refractivity contribution in [1.29, 1.82) is 0 Å². The first-order valence-corrected chi connectivity index (χ1v) is 13.6. The van der Waals surface area contributed by atoms with Crippen molar-refractivity contribution < 1.29 is 36.8 Å². The predicted molar refractivity (Wildman–Crippen MR) is 127 cm³/mol. The molecule has 2 saturated carbocycles. The van der Waals surface area contributed by atoms with E-state index in [9.17, 15) is 17.7 Å². The van der Waals surface area contributed by atoms with E-state index < -0.39 is 31.7 Å². The van der Waals surface area contributed by atoms with E-state index in [1.165, 1.54) is 63.3 Å². The number of alkyl halides is 3. The van der Waals surface area contributed by atoms with Gasteiger partial charge >= 0.3 is 14.0 Å². The Morgan fingerprint density at radius 3 is 2.31 bits per heavy atom. The highest BCUT2D eigenvalue weighted by molar-refractivity contribution is 7.46. The molecule has 194 valence electrons. The Kier molecular flexibility index (Phi) is 7.30. The molecule has 4 N–H and O–H groups in total. The zero-order valence-electron chi connectivity index (χ0n) is 19.8. The zero-order chi connectivity index (χ0) is 25.5. The van der Waals surface area contributed by atoms with Gasteiger partial charge in [0.15, 0.2) is 0 Å². The molecule has 10 heteroatoms. The number of nitrogens with two attached hydrogens (primary N) is 1. The summed E-state index contributed by atoms with van der Waals surface area (Å²) in [5, 5.41) is 0.296. The van der Waals surface area contributed by atoms with Crippen LogP contribution in [0.1, 0.15) is 75.8 Å². The van der Waals surface area contributed by atoms with Gasteiger partial charge in [0.2, 0.25) is 0 Å². The molecule has 2 aromatic carbocycles. The van der Waals surface area contributed by atoms with Gasteiger partial charge in [0.05, 0.1) is 18.2 Å². The topological polar surface area (TPSA) is 102 Å². The molecule has 2 aliphatic carbocycles. The van der Waals surface area contributed by atoms with Crippen LogP contribution in [0.25, 0.3) is 10.8 Å². The molecule has 1 unspecified atom stereocenters. The number of phosphoric acid groups is 1. The van der Waals surface area contributed by atoms with Crippen LogP contribution in [0.4, 0.5) is 13.2 Å². The molecule has 1 atom stereocenters. The third-order valence-corrected chi connectivity index (χ3v) is 8.12. The first kappa shape index (κ1) is 26.4. The Morgan fingerprint density at radius 1 is 1.06 bits per heavy atom. The van der Waals surface area contributed by atoms with Crippen molar-refractivity contribution in [2.24, 2.45) is 11.1 Å². The molecule has 0 radical (unpaired) electrons. The maximum Gasteiger partial charge on any atom is 0.469 e. The van der Waals surface area contributed by atoms with Crippen LogP contribution in [-0.2, 0) is 20.8 Å². The molecule has 0 heterocycles. The Balaban J connectivity index is 1.58. The molecule has 2 aromatic rings. The van der Waals surface area contributed by atoms with Gasteiger partial charge in [-0.15, -0.1) is 0 Å². The van der Waals surface area contributed by atoms with Crippen LogP contribution in [0.2, 0.25) is 0 Å². The van der Waals surface area contributed by atoms with E-state index >= 15 is 0 Å². The number of rotatable bonds is 6. The maximum absolute atomic E-state index is 14.2. The molecule has 0 aromatic heterocycles. The summed E-state index contributed by atoms with van der Waals surface area (Å²) in [6.45, 7) is 0.993. The van der Waals surface area contributed by atoms with Crippen LogP contribution in [0.5, 0.6) is 5.75 Å². The minimum Gasteiger partial charge on any atom is -0.490 e. The lowest BCUT2D eigenvalue weighted by Crippen LogP contribution is -2.37. The summed E-state index contributed by atoms with van der Waals surface area (Å²) in [5.74, 6) is -0.164. The molecule has 2 fully saturated rings. The highest BCUT2D eigenvalue weighted by atomic mass is 31.2. The molecule has 0 bridgehead atoms. The molecular formula is C25H33F3NO5P. The van der Waals surface area contributed by atoms with Gasteiger partial charge in [-0.3, -0.25) is 4.52 Å². The summed E-state index contributed by atoms with van der Waals surface area (Å²) < 4.78 is 64.1. The van der Waals surface area contributed by atoms with Gasteiger partial charge in [0.1, 0.15) is 11.3 Å². The third kappa shape index (κ3) is 6.20. The Hall–Kier alpha value is -1.64. The molecule has 1 spiro atoms. The standard InChI is InChI=1S/C25H33F3NO5P/c1-23(29,16-33-35(30,31)32)18-6-7-20-17(15-18)5-8-21(22(20)25(26,27)28)34-19-9-13-24(14-10-19)11-3-2-4-12-24/h5-8,15,19H,2-4,9-14,16,29H2,1H3,(H2,30,31,32).